The van der Waals surface area contributed by atoms with Gasteiger partial charge in [-0.05, 0) is 32.8 Å². The van der Waals surface area contributed by atoms with Crippen LogP contribution in [-0.2, 0) is 16.6 Å². The zero-order valence-electron chi connectivity index (χ0n) is 12.2. The minimum Gasteiger partial charge on any atom is -0.346 e. The van der Waals surface area contributed by atoms with Crippen LogP contribution in [0.25, 0.3) is 0 Å². The largest absolute Gasteiger partial charge is 0.346 e. The molecule has 0 bridgehead atoms. The van der Waals surface area contributed by atoms with Gasteiger partial charge in [0.15, 0.2) is 0 Å². The van der Waals surface area contributed by atoms with Crippen LogP contribution in [0.1, 0.15) is 52.3 Å². The Morgan fingerprint density at radius 3 is 2.26 bits per heavy atom. The molecule has 1 aromatic heterocycles. The first-order chi connectivity index (χ1) is 8.85. The molecule has 0 amide bonds. The Morgan fingerprint density at radius 2 is 1.89 bits per heavy atom. The molecule has 6 heteroatoms. The second-order valence-electron chi connectivity index (χ2n) is 5.01. The second-order valence-corrected chi connectivity index (χ2v) is 6.72. The molecule has 0 unspecified atom stereocenters. The Hall–Kier alpha value is -0.850. The zero-order valence-corrected chi connectivity index (χ0v) is 13.0. The van der Waals surface area contributed by atoms with E-state index in [1.807, 2.05) is 32.3 Å². The van der Waals surface area contributed by atoms with E-state index in [2.05, 4.69) is 4.72 Å². The molecule has 0 fully saturated rings. The first-order valence-corrected chi connectivity index (χ1v) is 8.27. The van der Waals surface area contributed by atoms with Crippen molar-refractivity contribution in [2.45, 2.75) is 64.1 Å². The normalized spacial score (nSPS) is 12.6. The quantitative estimate of drug-likeness (QED) is 0.805. The van der Waals surface area contributed by atoms with Crippen LogP contribution in [0.15, 0.2) is 17.2 Å². The molecule has 0 radical (unpaired) electrons. The number of hydrogen-bond acceptors (Lipinski definition) is 3. The van der Waals surface area contributed by atoms with Crippen molar-refractivity contribution in [2.75, 3.05) is 0 Å². The average Bonchev–Trinajstić information content (AvgIpc) is 2.81. The van der Waals surface area contributed by atoms with Gasteiger partial charge in [0.2, 0.25) is 10.0 Å². The number of rotatable bonds is 7. The van der Waals surface area contributed by atoms with Crippen LogP contribution >= 0.6 is 0 Å². The maximum absolute atomic E-state index is 12.3. The van der Waals surface area contributed by atoms with Crippen molar-refractivity contribution in [1.29, 1.82) is 0 Å². The van der Waals surface area contributed by atoms with Crippen molar-refractivity contribution in [2.24, 2.45) is 5.73 Å². The van der Waals surface area contributed by atoms with Crippen LogP contribution < -0.4 is 10.5 Å². The van der Waals surface area contributed by atoms with Gasteiger partial charge < -0.3 is 10.3 Å². The molecule has 1 rings (SSSR count). The van der Waals surface area contributed by atoms with Crippen molar-refractivity contribution in [1.82, 2.24) is 9.29 Å². The number of nitrogens with zero attached hydrogens (tertiary/aromatic N) is 1. The van der Waals surface area contributed by atoms with Gasteiger partial charge in [-0.15, -0.1) is 0 Å². The summed E-state index contributed by atoms with van der Waals surface area (Å²) in [5.74, 6) is 0. The molecule has 0 aromatic carbocycles. The maximum atomic E-state index is 12.3. The molecule has 1 heterocycles. The van der Waals surface area contributed by atoms with Crippen molar-refractivity contribution < 1.29 is 8.42 Å². The molecular formula is C13H25N3O2S. The first kappa shape index (κ1) is 16.2. The minimum atomic E-state index is -3.46. The van der Waals surface area contributed by atoms with Crippen LogP contribution in [0.2, 0.25) is 0 Å². The van der Waals surface area contributed by atoms with Gasteiger partial charge in [-0.25, -0.2) is 13.1 Å². The number of hydrogen-bond donors (Lipinski definition) is 2. The molecule has 0 aliphatic rings. The summed E-state index contributed by atoms with van der Waals surface area (Å²) < 4.78 is 29.2. The fourth-order valence-corrected chi connectivity index (χ4v) is 3.48. The van der Waals surface area contributed by atoms with E-state index < -0.39 is 10.0 Å². The van der Waals surface area contributed by atoms with E-state index in [9.17, 15) is 8.42 Å². The summed E-state index contributed by atoms with van der Waals surface area (Å²) in [6.45, 7) is 8.29. The lowest BCUT2D eigenvalue weighted by Gasteiger charge is -2.14. The third-order valence-corrected chi connectivity index (χ3v) is 4.78. The van der Waals surface area contributed by atoms with Gasteiger partial charge in [-0.3, -0.25) is 0 Å². The van der Waals surface area contributed by atoms with Crippen LogP contribution in [0, 0.1) is 0 Å². The maximum Gasteiger partial charge on any atom is 0.242 e. The van der Waals surface area contributed by atoms with Crippen molar-refractivity contribution in [3.8, 4) is 0 Å². The lowest BCUT2D eigenvalue weighted by molar-refractivity contribution is 0.529. The van der Waals surface area contributed by atoms with Gasteiger partial charge in [-0.2, -0.15) is 0 Å². The molecule has 0 aliphatic carbocycles. The average molecular weight is 287 g/mol. The molecule has 3 N–H and O–H groups in total. The minimum absolute atomic E-state index is 0.0197. The molecule has 0 spiro atoms. The Labute approximate surface area is 116 Å². The highest BCUT2D eigenvalue weighted by atomic mass is 32.2. The van der Waals surface area contributed by atoms with Crippen molar-refractivity contribution >= 4 is 10.0 Å². The summed E-state index contributed by atoms with van der Waals surface area (Å²) >= 11 is 0. The van der Waals surface area contributed by atoms with Crippen LogP contribution in [0.3, 0.4) is 0 Å². The molecular weight excluding hydrogens is 262 g/mol. The van der Waals surface area contributed by atoms with Gasteiger partial charge in [0.25, 0.3) is 0 Å². The Kier molecular flexibility index (Phi) is 5.58. The molecule has 0 saturated heterocycles. The predicted molar refractivity (Wildman–Crippen MR) is 77.4 cm³/mol. The number of sulfonamides is 1. The van der Waals surface area contributed by atoms with E-state index in [0.717, 1.165) is 18.5 Å². The van der Waals surface area contributed by atoms with E-state index >= 15 is 0 Å². The molecule has 19 heavy (non-hydrogen) atoms. The van der Waals surface area contributed by atoms with E-state index in [1.54, 1.807) is 12.3 Å². The van der Waals surface area contributed by atoms with Gasteiger partial charge in [0.05, 0.1) is 4.90 Å². The topological polar surface area (TPSA) is 77.1 Å². The molecule has 5 nitrogen and oxygen atoms in total. The first-order valence-electron chi connectivity index (χ1n) is 6.78. The fourth-order valence-electron chi connectivity index (χ4n) is 2.03. The molecule has 1 aromatic rings. The number of nitrogens with one attached hydrogen (secondary N) is 1. The van der Waals surface area contributed by atoms with Crippen LogP contribution in [0.4, 0.5) is 0 Å². The fraction of sp³-hybridized carbons (Fsp3) is 0.692. The molecule has 0 atom stereocenters. The highest BCUT2D eigenvalue weighted by Gasteiger charge is 2.21. The molecule has 110 valence electrons. The van der Waals surface area contributed by atoms with Gasteiger partial charge in [0, 0.05) is 30.5 Å². The molecule has 0 saturated carbocycles. The molecule has 0 aliphatic heterocycles. The Balaban J connectivity index is 3.08. The SMILES string of the molecule is CCC(CC)NS(=O)(=O)c1cc(CN)n(C(C)C)c1. The van der Waals surface area contributed by atoms with Crippen molar-refractivity contribution in [3.63, 3.8) is 0 Å². The summed E-state index contributed by atoms with van der Waals surface area (Å²) in [6.07, 6.45) is 3.23. The summed E-state index contributed by atoms with van der Waals surface area (Å²) in [5.41, 5.74) is 6.50. The number of nitrogens with two attached hydrogens (primary N) is 1. The smallest absolute Gasteiger partial charge is 0.242 e. The lowest BCUT2D eigenvalue weighted by Crippen LogP contribution is -2.33. The standard InChI is InChI=1S/C13H25N3O2S/c1-5-11(6-2)15-19(17,18)13-7-12(8-14)16(9-13)10(3)4/h7,9-11,15H,5-6,8,14H2,1-4H3. The Bertz CT molecular complexity index is 502. The summed E-state index contributed by atoms with van der Waals surface area (Å²) in [7, 11) is -3.46. The highest BCUT2D eigenvalue weighted by Crippen LogP contribution is 2.19. The highest BCUT2D eigenvalue weighted by molar-refractivity contribution is 7.89. The number of aromatic nitrogens is 1. The third kappa shape index (κ3) is 3.81. The van der Waals surface area contributed by atoms with Gasteiger partial charge >= 0.3 is 0 Å². The second kappa shape index (κ2) is 6.54. The third-order valence-electron chi connectivity index (χ3n) is 3.29. The van der Waals surface area contributed by atoms with Crippen LogP contribution in [0.5, 0.6) is 0 Å². The lowest BCUT2D eigenvalue weighted by atomic mass is 10.2. The Morgan fingerprint density at radius 1 is 1.32 bits per heavy atom. The summed E-state index contributed by atoms with van der Waals surface area (Å²) in [6, 6.07) is 1.83. The summed E-state index contributed by atoms with van der Waals surface area (Å²) in [4.78, 5) is 0.300. The summed E-state index contributed by atoms with van der Waals surface area (Å²) in [5, 5.41) is 0. The van der Waals surface area contributed by atoms with Gasteiger partial charge in [0.1, 0.15) is 0 Å². The zero-order chi connectivity index (χ0) is 14.6. The predicted octanol–water partition coefficient (Wildman–Crippen LogP) is 1.99. The van der Waals surface area contributed by atoms with E-state index in [1.165, 1.54) is 0 Å². The van der Waals surface area contributed by atoms with Crippen LogP contribution in [-0.4, -0.2) is 19.0 Å². The van der Waals surface area contributed by atoms with E-state index in [4.69, 9.17) is 5.73 Å². The monoisotopic (exact) mass is 287 g/mol. The van der Waals surface area contributed by atoms with E-state index in [-0.39, 0.29) is 12.1 Å². The van der Waals surface area contributed by atoms with E-state index in [0.29, 0.717) is 11.4 Å². The van der Waals surface area contributed by atoms with Crippen molar-refractivity contribution in [3.05, 3.63) is 18.0 Å². The van der Waals surface area contributed by atoms with Gasteiger partial charge in [-0.1, -0.05) is 13.8 Å².